The van der Waals surface area contributed by atoms with Crippen molar-refractivity contribution in [2.45, 2.75) is 77.1 Å². The Labute approximate surface area is 129 Å². The molecule has 5 heteroatoms. The highest BCUT2D eigenvalue weighted by Gasteiger charge is 2.10. The van der Waals surface area contributed by atoms with Gasteiger partial charge in [-0.1, -0.05) is 45.4 Å². The Balaban J connectivity index is 3.39. The summed E-state index contributed by atoms with van der Waals surface area (Å²) in [6.07, 6.45) is 7.21. The van der Waals surface area contributed by atoms with Crippen LogP contribution in [-0.4, -0.2) is 60.1 Å². The molecule has 0 bridgehead atoms. The fourth-order valence-electron chi connectivity index (χ4n) is 2.01. The molecule has 5 nitrogen and oxygen atoms in total. The highest BCUT2D eigenvalue weighted by atomic mass is 16.5. The molecule has 0 heterocycles. The van der Waals surface area contributed by atoms with E-state index < -0.39 is 12.2 Å². The van der Waals surface area contributed by atoms with Crippen molar-refractivity contribution in [3.05, 3.63) is 0 Å². The van der Waals surface area contributed by atoms with E-state index in [-0.39, 0.29) is 32.5 Å². The van der Waals surface area contributed by atoms with Crippen molar-refractivity contribution in [2.24, 2.45) is 0 Å². The van der Waals surface area contributed by atoms with E-state index in [2.05, 4.69) is 6.92 Å². The third-order valence-electron chi connectivity index (χ3n) is 3.37. The summed E-state index contributed by atoms with van der Waals surface area (Å²) in [5.74, 6) is 0. The third-order valence-corrected chi connectivity index (χ3v) is 3.37. The van der Waals surface area contributed by atoms with Crippen LogP contribution in [-0.2, 0) is 9.47 Å². The first-order valence-electron chi connectivity index (χ1n) is 8.26. The van der Waals surface area contributed by atoms with E-state index in [0.717, 1.165) is 6.42 Å². The van der Waals surface area contributed by atoms with E-state index in [9.17, 15) is 5.11 Å². The number of aliphatic hydroxyl groups excluding tert-OH is 3. The number of ether oxygens (including phenoxy) is 2. The van der Waals surface area contributed by atoms with Crippen LogP contribution in [0, 0.1) is 0 Å². The van der Waals surface area contributed by atoms with Crippen LogP contribution < -0.4 is 0 Å². The quantitative estimate of drug-likeness (QED) is 0.403. The number of hydrogen-bond donors (Lipinski definition) is 3. The molecular weight excluding hydrogens is 272 g/mol. The van der Waals surface area contributed by atoms with Crippen molar-refractivity contribution in [1.29, 1.82) is 0 Å². The van der Waals surface area contributed by atoms with Gasteiger partial charge in [-0.25, -0.2) is 0 Å². The predicted octanol–water partition coefficient (Wildman–Crippen LogP) is 1.87. The first kappa shape index (κ1) is 20.8. The Morgan fingerprint density at radius 3 is 2.14 bits per heavy atom. The van der Waals surface area contributed by atoms with Crippen LogP contribution >= 0.6 is 0 Å². The second kappa shape index (κ2) is 14.7. The highest BCUT2D eigenvalue weighted by Crippen LogP contribution is 2.10. The van der Waals surface area contributed by atoms with Gasteiger partial charge in [-0.2, -0.15) is 0 Å². The molecule has 0 radical (unpaired) electrons. The van der Waals surface area contributed by atoms with Gasteiger partial charge in [0.05, 0.1) is 32.5 Å². The molecule has 128 valence electrons. The molecule has 0 aliphatic rings. The van der Waals surface area contributed by atoms with Gasteiger partial charge in [0.2, 0.25) is 0 Å². The monoisotopic (exact) mass is 306 g/mol. The first-order valence-corrected chi connectivity index (χ1v) is 8.26. The zero-order valence-electron chi connectivity index (χ0n) is 13.7. The molecule has 3 unspecified atom stereocenters. The molecule has 0 aromatic rings. The van der Waals surface area contributed by atoms with E-state index in [1.165, 1.54) is 38.5 Å². The molecule has 3 N–H and O–H groups in total. The van der Waals surface area contributed by atoms with Crippen LogP contribution in [0.3, 0.4) is 0 Å². The standard InChI is InChI=1S/C16H34O5/c1-3-4-5-6-7-8-9-14(2)21-13-16(19)12-20-11-15(18)10-17/h14-19H,3-13H2,1-2H3. The Morgan fingerprint density at radius 2 is 1.48 bits per heavy atom. The van der Waals surface area contributed by atoms with Gasteiger partial charge in [0.15, 0.2) is 0 Å². The lowest BCUT2D eigenvalue weighted by Crippen LogP contribution is -2.27. The highest BCUT2D eigenvalue weighted by molar-refractivity contribution is 4.58. The van der Waals surface area contributed by atoms with Gasteiger partial charge in [0, 0.05) is 0 Å². The summed E-state index contributed by atoms with van der Waals surface area (Å²) < 4.78 is 10.6. The fourth-order valence-corrected chi connectivity index (χ4v) is 2.01. The zero-order valence-corrected chi connectivity index (χ0v) is 13.7. The van der Waals surface area contributed by atoms with Crippen molar-refractivity contribution in [3.63, 3.8) is 0 Å². The summed E-state index contributed by atoms with van der Waals surface area (Å²) in [5, 5.41) is 27.3. The average Bonchev–Trinajstić information content (AvgIpc) is 2.48. The Kier molecular flexibility index (Phi) is 14.6. The van der Waals surface area contributed by atoms with E-state index in [4.69, 9.17) is 19.7 Å². The van der Waals surface area contributed by atoms with E-state index in [1.54, 1.807) is 0 Å². The van der Waals surface area contributed by atoms with Gasteiger partial charge in [-0.15, -0.1) is 0 Å². The van der Waals surface area contributed by atoms with Crippen molar-refractivity contribution >= 4 is 0 Å². The molecule has 3 atom stereocenters. The molecule has 0 spiro atoms. The molecule has 0 saturated carbocycles. The van der Waals surface area contributed by atoms with Crippen LogP contribution in [0.25, 0.3) is 0 Å². The number of hydrogen-bond acceptors (Lipinski definition) is 5. The largest absolute Gasteiger partial charge is 0.394 e. The van der Waals surface area contributed by atoms with Crippen LogP contribution in [0.4, 0.5) is 0 Å². The summed E-state index contributed by atoms with van der Waals surface area (Å²) in [4.78, 5) is 0. The maximum atomic E-state index is 9.66. The number of unbranched alkanes of at least 4 members (excludes halogenated alkanes) is 5. The van der Waals surface area contributed by atoms with Crippen molar-refractivity contribution in [1.82, 2.24) is 0 Å². The van der Waals surface area contributed by atoms with E-state index >= 15 is 0 Å². The maximum Gasteiger partial charge on any atom is 0.101 e. The Morgan fingerprint density at radius 1 is 0.857 bits per heavy atom. The van der Waals surface area contributed by atoms with Crippen LogP contribution in [0.15, 0.2) is 0 Å². The zero-order chi connectivity index (χ0) is 15.9. The molecular formula is C16H34O5. The normalized spacial score (nSPS) is 15.9. The third kappa shape index (κ3) is 14.5. The van der Waals surface area contributed by atoms with Crippen molar-refractivity contribution in [3.8, 4) is 0 Å². The predicted molar refractivity (Wildman–Crippen MR) is 83.3 cm³/mol. The van der Waals surface area contributed by atoms with Gasteiger partial charge in [0.1, 0.15) is 12.2 Å². The summed E-state index contributed by atoms with van der Waals surface area (Å²) >= 11 is 0. The number of aliphatic hydroxyl groups is 3. The van der Waals surface area contributed by atoms with Crippen molar-refractivity contribution in [2.75, 3.05) is 26.4 Å². The van der Waals surface area contributed by atoms with Gasteiger partial charge in [-0.3, -0.25) is 0 Å². The molecule has 21 heavy (non-hydrogen) atoms. The average molecular weight is 306 g/mol. The van der Waals surface area contributed by atoms with Gasteiger partial charge < -0.3 is 24.8 Å². The van der Waals surface area contributed by atoms with Gasteiger partial charge in [-0.05, 0) is 13.3 Å². The molecule has 0 fully saturated rings. The summed E-state index contributed by atoms with van der Waals surface area (Å²) in [6, 6.07) is 0. The lowest BCUT2D eigenvalue weighted by atomic mass is 10.1. The van der Waals surface area contributed by atoms with E-state index in [0.29, 0.717) is 0 Å². The summed E-state index contributed by atoms with van der Waals surface area (Å²) in [5.41, 5.74) is 0. The molecule has 0 aromatic carbocycles. The minimum atomic E-state index is -0.884. The minimum absolute atomic E-state index is 0.0286. The summed E-state index contributed by atoms with van der Waals surface area (Å²) in [7, 11) is 0. The van der Waals surface area contributed by atoms with Crippen LogP contribution in [0.1, 0.15) is 58.8 Å². The van der Waals surface area contributed by atoms with Gasteiger partial charge in [0.25, 0.3) is 0 Å². The SMILES string of the molecule is CCCCCCCCC(C)OCC(O)COCC(O)CO. The molecule has 0 aliphatic heterocycles. The smallest absolute Gasteiger partial charge is 0.101 e. The first-order chi connectivity index (χ1) is 10.1. The number of rotatable bonds is 15. The minimum Gasteiger partial charge on any atom is -0.394 e. The van der Waals surface area contributed by atoms with Gasteiger partial charge >= 0.3 is 0 Å². The molecule has 0 rings (SSSR count). The van der Waals surface area contributed by atoms with Crippen LogP contribution in [0.2, 0.25) is 0 Å². The topological polar surface area (TPSA) is 79.2 Å². The van der Waals surface area contributed by atoms with Crippen LogP contribution in [0.5, 0.6) is 0 Å². The second-order valence-corrected chi connectivity index (χ2v) is 5.73. The maximum absolute atomic E-state index is 9.66. The lowest BCUT2D eigenvalue weighted by molar-refractivity contribution is -0.0607. The fraction of sp³-hybridized carbons (Fsp3) is 1.00. The Hall–Kier alpha value is -0.200. The lowest BCUT2D eigenvalue weighted by Gasteiger charge is -2.17. The summed E-state index contributed by atoms with van der Waals surface area (Å²) in [6.45, 7) is 4.29. The molecule has 0 amide bonds. The molecule has 0 aliphatic carbocycles. The molecule has 0 aromatic heterocycles. The molecule has 0 saturated heterocycles. The van der Waals surface area contributed by atoms with Crippen molar-refractivity contribution < 1.29 is 24.8 Å². The second-order valence-electron chi connectivity index (χ2n) is 5.73. The Bertz CT molecular complexity index is 213. The van der Waals surface area contributed by atoms with E-state index in [1.807, 2.05) is 6.92 Å².